The van der Waals surface area contributed by atoms with Crippen LogP contribution in [0.15, 0.2) is 0 Å². The molecule has 5 amide bonds. The lowest BCUT2D eigenvalue weighted by Crippen LogP contribution is -2.68. The normalized spacial score (nSPS) is 24.6. The fourth-order valence-corrected chi connectivity index (χ4v) is 7.90. The van der Waals surface area contributed by atoms with Crippen molar-refractivity contribution in [2.75, 3.05) is 18.8 Å². The number of nitrogens with zero attached hydrogens (tertiary/aromatic N) is 1. The van der Waals surface area contributed by atoms with Crippen molar-refractivity contribution in [3.8, 4) is 0 Å². The van der Waals surface area contributed by atoms with E-state index < -0.39 is 58.4 Å². The Kier molecular flexibility index (Phi) is 11.0. The number of ketones is 1. The molecule has 12 nitrogen and oxygen atoms in total. The van der Waals surface area contributed by atoms with Crippen molar-refractivity contribution in [3.05, 3.63) is 0 Å². The lowest BCUT2D eigenvalue weighted by atomic mass is 9.72. The lowest BCUT2D eigenvalue weighted by Gasteiger charge is -2.45. The predicted molar refractivity (Wildman–Crippen MR) is 155 cm³/mol. The molecule has 4 rings (SSSR count). The molecule has 1 aliphatic heterocycles. The Labute approximate surface area is 250 Å². The predicted octanol–water partition coefficient (Wildman–Crippen LogP) is 1.55. The number of hydrogen-bond acceptors (Lipinski definition) is 7. The molecule has 13 heteroatoms. The van der Waals surface area contributed by atoms with Crippen LogP contribution in [0.25, 0.3) is 0 Å². The minimum absolute atomic E-state index is 0.0298. The van der Waals surface area contributed by atoms with Crippen LogP contribution >= 0.6 is 0 Å². The Morgan fingerprint density at radius 3 is 2.21 bits per heavy atom. The average Bonchev–Trinajstić information content (AvgIpc) is 3.65. The number of hydrogen-bond donors (Lipinski definition) is 4. The maximum absolute atomic E-state index is 14.4. The van der Waals surface area contributed by atoms with Crippen molar-refractivity contribution in [1.82, 2.24) is 26.2 Å². The molecule has 0 aromatic carbocycles. The number of carbonyl (C=O) groups excluding carboxylic acids is 5. The second kappa shape index (κ2) is 14.3. The summed E-state index contributed by atoms with van der Waals surface area (Å²) in [7, 11) is 0. The fraction of sp³-hybridized carbons (Fsp3) is 0.828. The molecular weight excluding hydrogens is 562 g/mol. The highest BCUT2D eigenvalue weighted by Crippen LogP contribution is 2.38. The van der Waals surface area contributed by atoms with E-state index in [4.69, 9.17) is 0 Å². The van der Waals surface area contributed by atoms with E-state index in [1.54, 1.807) is 0 Å². The molecule has 3 atom stereocenters. The van der Waals surface area contributed by atoms with Crippen molar-refractivity contribution in [2.45, 2.75) is 126 Å². The van der Waals surface area contributed by atoms with Gasteiger partial charge in [-0.2, -0.15) is 0 Å². The van der Waals surface area contributed by atoms with Gasteiger partial charge >= 0.3 is 6.03 Å². The topological polar surface area (TPSA) is 177 Å². The lowest BCUT2D eigenvalue weighted by molar-refractivity contribution is -0.146. The Hall–Kier alpha value is -2.54. The first-order valence-corrected chi connectivity index (χ1v) is 16.9. The summed E-state index contributed by atoms with van der Waals surface area (Å²) in [5.41, 5.74) is -2.14. The summed E-state index contributed by atoms with van der Waals surface area (Å²) in [4.78, 5) is 67.0. The van der Waals surface area contributed by atoms with Crippen molar-refractivity contribution in [3.63, 3.8) is 0 Å². The van der Waals surface area contributed by atoms with Crippen LogP contribution in [-0.4, -0.2) is 85.2 Å². The highest BCUT2D eigenvalue weighted by Gasteiger charge is 2.51. The summed E-state index contributed by atoms with van der Waals surface area (Å²) >= 11 is -2.34. The molecule has 0 aromatic rings. The van der Waals surface area contributed by atoms with Crippen LogP contribution in [0.4, 0.5) is 4.79 Å². The van der Waals surface area contributed by atoms with Gasteiger partial charge in [0.15, 0.2) is 0 Å². The van der Waals surface area contributed by atoms with Gasteiger partial charge in [0, 0.05) is 18.3 Å². The molecule has 0 aromatic heterocycles. The third-order valence-corrected chi connectivity index (χ3v) is 10.4. The molecule has 0 radical (unpaired) electrons. The summed E-state index contributed by atoms with van der Waals surface area (Å²) in [6, 6.07) is -1.35. The third kappa shape index (κ3) is 7.89. The van der Waals surface area contributed by atoms with Crippen LogP contribution in [0.2, 0.25) is 0 Å². The van der Waals surface area contributed by atoms with Gasteiger partial charge in [0.2, 0.25) is 17.6 Å². The number of Topliss-reactive ketones (excluding diaryl/α,β-unsaturated/α-hetero) is 1. The van der Waals surface area contributed by atoms with Gasteiger partial charge in [-0.15, -0.1) is 0 Å². The zero-order valence-corrected chi connectivity index (χ0v) is 25.5. The first-order valence-electron chi connectivity index (χ1n) is 15.7. The van der Waals surface area contributed by atoms with E-state index in [0.717, 1.165) is 64.2 Å². The van der Waals surface area contributed by atoms with E-state index in [-0.39, 0.29) is 23.6 Å². The molecule has 236 valence electrons. The second-order valence-corrected chi connectivity index (χ2v) is 13.5. The summed E-state index contributed by atoms with van der Waals surface area (Å²) in [6.07, 6.45) is 11.1. The smallest absolute Gasteiger partial charge is 0.316 e. The molecule has 1 saturated heterocycles. The van der Waals surface area contributed by atoms with Crippen LogP contribution in [-0.2, 0) is 30.3 Å². The molecule has 3 unspecified atom stereocenters. The summed E-state index contributed by atoms with van der Waals surface area (Å²) in [5.74, 6) is -2.58. The largest absolute Gasteiger partial charge is 0.772 e. The molecular formula is C29H46N5O7S-. The second-order valence-electron chi connectivity index (χ2n) is 12.6. The van der Waals surface area contributed by atoms with E-state index in [1.807, 2.05) is 6.92 Å². The molecule has 4 aliphatic rings. The fourth-order valence-electron chi connectivity index (χ4n) is 7.09. The van der Waals surface area contributed by atoms with Gasteiger partial charge in [-0.1, -0.05) is 56.5 Å². The Morgan fingerprint density at radius 2 is 1.60 bits per heavy atom. The molecule has 0 spiro atoms. The minimum atomic E-state index is -2.34. The molecule has 3 aliphatic carbocycles. The van der Waals surface area contributed by atoms with E-state index in [0.29, 0.717) is 38.6 Å². The van der Waals surface area contributed by atoms with Gasteiger partial charge < -0.3 is 30.7 Å². The van der Waals surface area contributed by atoms with Crippen LogP contribution < -0.4 is 21.3 Å². The van der Waals surface area contributed by atoms with E-state index in [1.165, 1.54) is 4.90 Å². The zero-order chi connectivity index (χ0) is 30.3. The van der Waals surface area contributed by atoms with Crippen molar-refractivity contribution >= 4 is 40.6 Å². The molecule has 4 fully saturated rings. The van der Waals surface area contributed by atoms with Crippen molar-refractivity contribution < 1.29 is 32.7 Å². The summed E-state index contributed by atoms with van der Waals surface area (Å²) < 4.78 is 23.4. The summed E-state index contributed by atoms with van der Waals surface area (Å²) in [6.45, 7) is 1.75. The number of likely N-dealkylation sites (tertiary alicyclic amines) is 1. The molecule has 1 heterocycles. The number of amides is 5. The van der Waals surface area contributed by atoms with Gasteiger partial charge in [-0.3, -0.25) is 23.4 Å². The SMILES string of the molecule is CCC(NC(=O)NC1(CS(=O)[O-])CCCCC1)(C(=O)N1CCCC1C(=O)NCC(=O)C(=O)NC1CC1)C1CCCCC1. The van der Waals surface area contributed by atoms with Gasteiger partial charge in [0.1, 0.15) is 11.6 Å². The third-order valence-electron chi connectivity index (χ3n) is 9.57. The van der Waals surface area contributed by atoms with E-state index in [9.17, 15) is 32.7 Å². The van der Waals surface area contributed by atoms with Crippen LogP contribution in [0, 0.1) is 5.92 Å². The standard InChI is InChI=1S/C29H47N5O7S/c1-2-29(20-10-5-3-6-11-20,33-27(39)32-28(19-42(40)41)15-7-4-8-16-28)26(38)34-17-9-12-22(34)24(36)30-18-23(35)25(37)31-21-13-14-21/h20-22H,2-19H2,1H3,(H,30,36)(H,31,37)(H,40,41)(H2,32,33,39)/p-1. The molecule has 3 saturated carbocycles. The first kappa shape index (κ1) is 32.4. The van der Waals surface area contributed by atoms with Gasteiger partial charge in [0.25, 0.3) is 5.91 Å². The van der Waals surface area contributed by atoms with Gasteiger partial charge in [-0.05, 0) is 63.7 Å². The van der Waals surface area contributed by atoms with E-state index >= 15 is 0 Å². The van der Waals surface area contributed by atoms with Crippen molar-refractivity contribution in [1.29, 1.82) is 0 Å². The van der Waals surface area contributed by atoms with Crippen LogP contribution in [0.1, 0.15) is 103 Å². The van der Waals surface area contributed by atoms with Crippen LogP contribution in [0.3, 0.4) is 0 Å². The average molecular weight is 609 g/mol. The first-order chi connectivity index (χ1) is 20.1. The molecule has 42 heavy (non-hydrogen) atoms. The number of carbonyl (C=O) groups is 5. The maximum atomic E-state index is 14.4. The quantitative estimate of drug-likeness (QED) is 0.192. The number of rotatable bonds is 12. The highest BCUT2D eigenvalue weighted by molar-refractivity contribution is 7.79. The highest BCUT2D eigenvalue weighted by atomic mass is 32.2. The Morgan fingerprint density at radius 1 is 0.929 bits per heavy atom. The maximum Gasteiger partial charge on any atom is 0.316 e. The zero-order valence-electron chi connectivity index (χ0n) is 24.7. The Balaban J connectivity index is 1.49. The van der Waals surface area contributed by atoms with E-state index in [2.05, 4.69) is 21.3 Å². The van der Waals surface area contributed by atoms with Gasteiger partial charge in [-0.25, -0.2) is 4.79 Å². The van der Waals surface area contributed by atoms with Crippen molar-refractivity contribution in [2.24, 2.45) is 5.92 Å². The van der Waals surface area contributed by atoms with Crippen LogP contribution in [0.5, 0.6) is 0 Å². The monoisotopic (exact) mass is 608 g/mol. The number of urea groups is 1. The molecule has 0 bridgehead atoms. The molecule has 4 N–H and O–H groups in total. The van der Waals surface area contributed by atoms with Gasteiger partial charge in [0.05, 0.1) is 12.1 Å². The summed E-state index contributed by atoms with van der Waals surface area (Å²) in [5, 5.41) is 11.2. The minimum Gasteiger partial charge on any atom is -0.772 e. The Bertz CT molecular complexity index is 1050. The number of nitrogens with one attached hydrogen (secondary N) is 4.